The molecule has 0 aliphatic carbocycles. The summed E-state index contributed by atoms with van der Waals surface area (Å²) in [5, 5.41) is 3.13. The van der Waals surface area contributed by atoms with Crippen LogP contribution in [0.25, 0.3) is 0 Å². The van der Waals surface area contributed by atoms with E-state index in [0.29, 0.717) is 12.0 Å². The van der Waals surface area contributed by atoms with Crippen LogP contribution in [0.2, 0.25) is 0 Å². The molecule has 0 spiro atoms. The van der Waals surface area contributed by atoms with Crippen LogP contribution in [0.5, 0.6) is 0 Å². The Morgan fingerprint density at radius 3 is 2.42 bits per heavy atom. The molecule has 1 N–H and O–H groups in total. The number of piperidine rings is 1. The van der Waals surface area contributed by atoms with Crippen molar-refractivity contribution in [2.75, 3.05) is 26.7 Å². The molecular formula is C14H19F3N2. The molecular weight excluding hydrogens is 253 g/mol. The molecule has 0 aromatic heterocycles. The van der Waals surface area contributed by atoms with E-state index in [1.807, 2.05) is 0 Å². The van der Waals surface area contributed by atoms with Crippen LogP contribution < -0.4 is 5.32 Å². The first kappa shape index (κ1) is 14.3. The van der Waals surface area contributed by atoms with E-state index in [-0.39, 0.29) is 12.1 Å². The van der Waals surface area contributed by atoms with Crippen molar-refractivity contribution in [3.05, 3.63) is 35.1 Å². The highest BCUT2D eigenvalue weighted by molar-refractivity contribution is 5.19. The van der Waals surface area contributed by atoms with E-state index in [4.69, 9.17) is 0 Å². The number of hydrogen-bond donors (Lipinski definition) is 1. The molecule has 0 bridgehead atoms. The SMILES string of the molecule is CN1CCC(CNCc2cc(F)c(F)cc2F)CC1. The molecule has 106 valence electrons. The molecule has 1 aliphatic rings. The summed E-state index contributed by atoms with van der Waals surface area (Å²) in [7, 11) is 2.10. The van der Waals surface area contributed by atoms with Gasteiger partial charge in [0.05, 0.1) is 0 Å². The second kappa shape index (κ2) is 6.39. The quantitative estimate of drug-likeness (QED) is 0.847. The molecule has 5 heteroatoms. The summed E-state index contributed by atoms with van der Waals surface area (Å²) in [5.41, 5.74) is 0.173. The predicted molar refractivity (Wildman–Crippen MR) is 68.2 cm³/mol. The summed E-state index contributed by atoms with van der Waals surface area (Å²) in [6, 6.07) is 1.52. The van der Waals surface area contributed by atoms with Crippen molar-refractivity contribution in [1.29, 1.82) is 0 Å². The van der Waals surface area contributed by atoms with Gasteiger partial charge < -0.3 is 10.2 Å². The molecule has 1 aromatic carbocycles. The molecule has 2 rings (SSSR count). The van der Waals surface area contributed by atoms with Crippen molar-refractivity contribution < 1.29 is 13.2 Å². The Morgan fingerprint density at radius 2 is 1.74 bits per heavy atom. The number of nitrogens with zero attached hydrogens (tertiary/aromatic N) is 1. The smallest absolute Gasteiger partial charge is 0.161 e. The highest BCUT2D eigenvalue weighted by atomic mass is 19.2. The monoisotopic (exact) mass is 272 g/mol. The van der Waals surface area contributed by atoms with Gasteiger partial charge in [0.15, 0.2) is 11.6 Å². The average molecular weight is 272 g/mol. The first-order valence-corrected chi connectivity index (χ1v) is 6.59. The molecule has 2 nitrogen and oxygen atoms in total. The number of rotatable bonds is 4. The van der Waals surface area contributed by atoms with Gasteiger partial charge in [-0.15, -0.1) is 0 Å². The summed E-state index contributed by atoms with van der Waals surface area (Å²) in [6.07, 6.45) is 2.23. The third-order valence-electron chi connectivity index (χ3n) is 3.68. The number of nitrogens with one attached hydrogen (secondary N) is 1. The number of likely N-dealkylation sites (tertiary alicyclic amines) is 1. The van der Waals surface area contributed by atoms with E-state index < -0.39 is 17.5 Å². The lowest BCUT2D eigenvalue weighted by molar-refractivity contribution is 0.216. The molecule has 0 radical (unpaired) electrons. The summed E-state index contributed by atoms with van der Waals surface area (Å²) < 4.78 is 39.2. The molecule has 1 saturated heterocycles. The van der Waals surface area contributed by atoms with Gasteiger partial charge in [0, 0.05) is 18.2 Å². The zero-order valence-electron chi connectivity index (χ0n) is 11.1. The Bertz CT molecular complexity index is 429. The van der Waals surface area contributed by atoms with E-state index in [0.717, 1.165) is 38.5 Å². The average Bonchev–Trinajstić information content (AvgIpc) is 2.38. The van der Waals surface area contributed by atoms with Crippen LogP contribution >= 0.6 is 0 Å². The fourth-order valence-electron chi connectivity index (χ4n) is 2.38. The molecule has 19 heavy (non-hydrogen) atoms. The van der Waals surface area contributed by atoms with Crippen LogP contribution in [-0.2, 0) is 6.54 Å². The maximum absolute atomic E-state index is 13.4. The molecule has 0 amide bonds. The van der Waals surface area contributed by atoms with Gasteiger partial charge >= 0.3 is 0 Å². The van der Waals surface area contributed by atoms with Crippen molar-refractivity contribution in [2.45, 2.75) is 19.4 Å². The maximum Gasteiger partial charge on any atom is 0.161 e. The molecule has 0 saturated carbocycles. The number of benzene rings is 1. The van der Waals surface area contributed by atoms with E-state index in [1.54, 1.807) is 0 Å². The second-order valence-electron chi connectivity index (χ2n) is 5.24. The van der Waals surface area contributed by atoms with Crippen LogP contribution in [-0.4, -0.2) is 31.6 Å². The van der Waals surface area contributed by atoms with Gasteiger partial charge in [-0.3, -0.25) is 0 Å². The summed E-state index contributed by atoms with van der Waals surface area (Å²) >= 11 is 0. The predicted octanol–water partition coefficient (Wildman–Crippen LogP) is 2.54. The first-order chi connectivity index (χ1) is 9.06. The minimum absolute atomic E-state index is 0.173. The van der Waals surface area contributed by atoms with Gasteiger partial charge in [-0.1, -0.05) is 0 Å². The highest BCUT2D eigenvalue weighted by Gasteiger charge is 2.16. The van der Waals surface area contributed by atoms with Crippen LogP contribution in [0, 0.1) is 23.4 Å². The second-order valence-corrected chi connectivity index (χ2v) is 5.24. The van der Waals surface area contributed by atoms with Gasteiger partial charge in [-0.2, -0.15) is 0 Å². The van der Waals surface area contributed by atoms with Gasteiger partial charge in [-0.05, 0) is 51.5 Å². The molecule has 1 aliphatic heterocycles. The van der Waals surface area contributed by atoms with E-state index in [2.05, 4.69) is 17.3 Å². The Morgan fingerprint density at radius 1 is 1.11 bits per heavy atom. The maximum atomic E-state index is 13.4. The Hall–Kier alpha value is -1.07. The highest BCUT2D eigenvalue weighted by Crippen LogP contribution is 2.16. The summed E-state index contributed by atoms with van der Waals surface area (Å²) in [5.74, 6) is -2.27. The van der Waals surface area contributed by atoms with E-state index >= 15 is 0 Å². The van der Waals surface area contributed by atoms with Crippen molar-refractivity contribution in [3.8, 4) is 0 Å². The topological polar surface area (TPSA) is 15.3 Å². The minimum Gasteiger partial charge on any atom is -0.312 e. The summed E-state index contributed by atoms with van der Waals surface area (Å²) in [6.45, 7) is 3.17. The fraction of sp³-hybridized carbons (Fsp3) is 0.571. The summed E-state index contributed by atoms with van der Waals surface area (Å²) in [4.78, 5) is 2.28. The van der Waals surface area contributed by atoms with Crippen molar-refractivity contribution >= 4 is 0 Å². The van der Waals surface area contributed by atoms with E-state index in [1.165, 1.54) is 0 Å². The number of halogens is 3. The molecule has 1 aromatic rings. The normalized spacial score (nSPS) is 17.9. The molecule has 0 atom stereocenters. The van der Waals surface area contributed by atoms with Crippen molar-refractivity contribution in [1.82, 2.24) is 10.2 Å². The zero-order chi connectivity index (χ0) is 13.8. The Kier molecular flexibility index (Phi) is 4.82. The molecule has 1 heterocycles. The Balaban J connectivity index is 1.81. The van der Waals surface area contributed by atoms with Crippen molar-refractivity contribution in [2.24, 2.45) is 5.92 Å². The third-order valence-corrected chi connectivity index (χ3v) is 3.68. The minimum atomic E-state index is -1.14. The first-order valence-electron chi connectivity index (χ1n) is 6.59. The van der Waals surface area contributed by atoms with Gasteiger partial charge in [0.1, 0.15) is 5.82 Å². The number of hydrogen-bond acceptors (Lipinski definition) is 2. The molecule has 0 unspecified atom stereocenters. The molecule has 1 fully saturated rings. The van der Waals surface area contributed by atoms with E-state index in [9.17, 15) is 13.2 Å². The van der Waals surface area contributed by atoms with Crippen LogP contribution in [0.3, 0.4) is 0 Å². The lowest BCUT2D eigenvalue weighted by atomic mass is 9.97. The zero-order valence-corrected chi connectivity index (χ0v) is 11.1. The standard InChI is InChI=1S/C14H19F3N2/c1-19-4-2-10(3-5-19)8-18-9-11-6-13(16)14(17)7-12(11)15/h6-7,10,18H,2-5,8-9H2,1H3. The van der Waals surface area contributed by atoms with Crippen LogP contribution in [0.15, 0.2) is 12.1 Å². The van der Waals surface area contributed by atoms with Gasteiger partial charge in [-0.25, -0.2) is 13.2 Å². The van der Waals surface area contributed by atoms with Gasteiger partial charge in [0.25, 0.3) is 0 Å². The fourth-order valence-corrected chi connectivity index (χ4v) is 2.38. The van der Waals surface area contributed by atoms with Crippen LogP contribution in [0.1, 0.15) is 18.4 Å². The lowest BCUT2D eigenvalue weighted by Gasteiger charge is -2.29. The van der Waals surface area contributed by atoms with Crippen LogP contribution in [0.4, 0.5) is 13.2 Å². The van der Waals surface area contributed by atoms with Crippen molar-refractivity contribution in [3.63, 3.8) is 0 Å². The largest absolute Gasteiger partial charge is 0.312 e. The lowest BCUT2D eigenvalue weighted by Crippen LogP contribution is -2.34. The third kappa shape index (κ3) is 3.94. The Labute approximate surface area is 111 Å². The van der Waals surface area contributed by atoms with Gasteiger partial charge in [0.2, 0.25) is 0 Å².